The van der Waals surface area contributed by atoms with Crippen molar-refractivity contribution in [2.75, 3.05) is 0 Å². The van der Waals surface area contributed by atoms with Crippen molar-refractivity contribution in [1.82, 2.24) is 9.97 Å². The molecule has 88 valence electrons. The average Bonchev–Trinajstić information content (AvgIpc) is 2.96. The van der Waals surface area contributed by atoms with Gasteiger partial charge in [-0.2, -0.15) is 5.26 Å². The van der Waals surface area contributed by atoms with Crippen LogP contribution in [0.3, 0.4) is 0 Å². The van der Waals surface area contributed by atoms with Gasteiger partial charge in [0.15, 0.2) is 5.82 Å². The van der Waals surface area contributed by atoms with E-state index in [9.17, 15) is 0 Å². The first-order valence-electron chi connectivity index (χ1n) is 5.55. The van der Waals surface area contributed by atoms with Gasteiger partial charge in [0.2, 0.25) is 0 Å². The van der Waals surface area contributed by atoms with Gasteiger partial charge < -0.3 is 0 Å². The molecule has 0 N–H and O–H groups in total. The minimum absolute atomic E-state index is 0.755. The first-order valence-corrected chi connectivity index (χ1v) is 7.18. The van der Waals surface area contributed by atoms with Crippen LogP contribution in [0, 0.1) is 11.3 Å². The lowest BCUT2D eigenvalue weighted by molar-refractivity contribution is 1.05. The second-order valence-corrected chi connectivity index (χ2v) is 6.00. The van der Waals surface area contributed by atoms with Crippen LogP contribution >= 0.6 is 22.7 Å². The van der Waals surface area contributed by atoms with E-state index < -0.39 is 0 Å². The van der Waals surface area contributed by atoms with Gasteiger partial charge in [-0.25, -0.2) is 9.97 Å². The first kappa shape index (κ1) is 11.3. The maximum absolute atomic E-state index is 8.84. The summed E-state index contributed by atoms with van der Waals surface area (Å²) in [7, 11) is 0. The molecule has 0 bridgehead atoms. The first-order chi connectivity index (χ1) is 8.80. The summed E-state index contributed by atoms with van der Waals surface area (Å²) < 4.78 is 2.27. The number of rotatable bonds is 2. The van der Waals surface area contributed by atoms with Crippen LogP contribution in [0.2, 0.25) is 0 Å². The summed E-state index contributed by atoms with van der Waals surface area (Å²) in [4.78, 5) is 10.6. The van der Waals surface area contributed by atoms with Gasteiger partial charge in [0, 0.05) is 21.8 Å². The summed E-state index contributed by atoms with van der Waals surface area (Å²) in [6.45, 7) is 2.09. The van der Waals surface area contributed by atoms with Crippen molar-refractivity contribution in [2.24, 2.45) is 0 Å². The van der Waals surface area contributed by atoms with Crippen molar-refractivity contribution in [3.05, 3.63) is 35.0 Å². The molecule has 0 atom stereocenters. The van der Waals surface area contributed by atoms with E-state index in [0.717, 1.165) is 37.0 Å². The summed E-state index contributed by atoms with van der Waals surface area (Å²) in [5, 5.41) is 8.84. The zero-order chi connectivity index (χ0) is 12.5. The molecule has 0 saturated carbocycles. The fourth-order valence-corrected chi connectivity index (χ4v) is 3.81. The van der Waals surface area contributed by atoms with E-state index in [1.54, 1.807) is 11.3 Å². The highest BCUT2D eigenvalue weighted by atomic mass is 32.1. The van der Waals surface area contributed by atoms with E-state index in [2.05, 4.69) is 29.0 Å². The number of nitrogens with zero attached hydrogens (tertiary/aromatic N) is 3. The molecule has 18 heavy (non-hydrogen) atoms. The van der Waals surface area contributed by atoms with E-state index in [4.69, 9.17) is 5.26 Å². The van der Waals surface area contributed by atoms with Crippen LogP contribution in [0.15, 0.2) is 24.5 Å². The maximum Gasteiger partial charge on any atom is 0.169 e. The van der Waals surface area contributed by atoms with Crippen molar-refractivity contribution >= 4 is 32.1 Å². The Hall–Kier alpha value is -1.77. The van der Waals surface area contributed by atoms with Gasteiger partial charge >= 0.3 is 0 Å². The van der Waals surface area contributed by atoms with E-state index in [0.29, 0.717) is 0 Å². The molecule has 0 radical (unpaired) electrons. The Bertz CT molecular complexity index is 700. The summed E-state index contributed by atoms with van der Waals surface area (Å²) in [5.41, 5.74) is 1.14. The van der Waals surface area contributed by atoms with Crippen molar-refractivity contribution < 1.29 is 0 Å². The zero-order valence-corrected chi connectivity index (χ0v) is 11.3. The van der Waals surface area contributed by atoms with Gasteiger partial charge in [-0.05, 0) is 24.1 Å². The fraction of sp³-hybridized carbons (Fsp3) is 0.154. The largest absolute Gasteiger partial charge is 0.236 e. The third kappa shape index (κ3) is 1.90. The molecule has 3 aromatic rings. The predicted molar refractivity (Wildman–Crippen MR) is 74.8 cm³/mol. The molecule has 0 aliphatic carbocycles. The molecular formula is C13H9N3S2. The molecule has 0 unspecified atom stereocenters. The molecule has 5 heteroatoms. The molecule has 0 amide bonds. The van der Waals surface area contributed by atoms with Crippen LogP contribution in [0.1, 0.15) is 17.4 Å². The quantitative estimate of drug-likeness (QED) is 0.711. The Morgan fingerprint density at radius 3 is 2.50 bits per heavy atom. The zero-order valence-electron chi connectivity index (χ0n) is 9.67. The highest BCUT2D eigenvalue weighted by molar-refractivity contribution is 7.29. The topological polar surface area (TPSA) is 49.6 Å². The molecule has 0 aliphatic rings. The molecule has 3 rings (SSSR count). The Balaban J connectivity index is 2.03. The number of nitriles is 1. The summed E-state index contributed by atoms with van der Waals surface area (Å²) in [6.07, 6.45) is 4.69. The Morgan fingerprint density at radius 2 is 1.89 bits per heavy atom. The van der Waals surface area contributed by atoms with E-state index in [1.165, 1.54) is 11.3 Å². The number of thiophene rings is 2. The van der Waals surface area contributed by atoms with Gasteiger partial charge in [0.1, 0.15) is 10.9 Å². The molecule has 0 spiro atoms. The monoisotopic (exact) mass is 271 g/mol. The lowest BCUT2D eigenvalue weighted by Gasteiger charge is -1.97. The van der Waals surface area contributed by atoms with Crippen molar-refractivity contribution in [1.29, 1.82) is 5.26 Å². The molecule has 3 nitrogen and oxygen atoms in total. The maximum atomic E-state index is 8.84. The van der Waals surface area contributed by atoms with E-state index in [-0.39, 0.29) is 0 Å². The lowest BCUT2D eigenvalue weighted by atomic mass is 10.3. The summed E-state index contributed by atoms with van der Waals surface area (Å²) in [6, 6.07) is 6.16. The molecule has 0 fully saturated rings. The van der Waals surface area contributed by atoms with Gasteiger partial charge in [0.25, 0.3) is 0 Å². The van der Waals surface area contributed by atoms with Crippen molar-refractivity contribution in [3.8, 4) is 16.8 Å². The molecule has 0 aliphatic heterocycles. The second kappa shape index (κ2) is 4.48. The third-order valence-electron chi connectivity index (χ3n) is 2.65. The fourth-order valence-electron chi connectivity index (χ4n) is 1.67. The summed E-state index contributed by atoms with van der Waals surface area (Å²) in [5.74, 6) is 0.763. The van der Waals surface area contributed by atoms with E-state index in [1.807, 2.05) is 18.5 Å². The number of hydrogen-bond donors (Lipinski definition) is 0. The van der Waals surface area contributed by atoms with E-state index >= 15 is 0 Å². The highest BCUT2D eigenvalue weighted by Crippen LogP contribution is 2.36. The molecule has 0 saturated heterocycles. The molecule has 3 heterocycles. The number of aryl methyl sites for hydroxylation is 1. The van der Waals surface area contributed by atoms with Gasteiger partial charge in [0.05, 0.1) is 4.88 Å². The minimum Gasteiger partial charge on any atom is -0.236 e. The van der Waals surface area contributed by atoms with Crippen LogP contribution in [0.4, 0.5) is 0 Å². The van der Waals surface area contributed by atoms with Gasteiger partial charge in [-0.15, -0.1) is 22.7 Å². The third-order valence-corrected chi connectivity index (χ3v) is 4.85. The van der Waals surface area contributed by atoms with Gasteiger partial charge in [-0.3, -0.25) is 0 Å². The SMILES string of the molecule is CCc1cnc(-c2cc3sc(C#N)cc3s2)nc1. The van der Waals surface area contributed by atoms with Crippen LogP contribution < -0.4 is 0 Å². The van der Waals surface area contributed by atoms with Crippen LogP contribution in [0.25, 0.3) is 20.1 Å². The Morgan fingerprint density at radius 1 is 1.17 bits per heavy atom. The highest BCUT2D eigenvalue weighted by Gasteiger charge is 2.09. The average molecular weight is 271 g/mol. The van der Waals surface area contributed by atoms with Crippen LogP contribution in [-0.2, 0) is 6.42 Å². The summed E-state index contributed by atoms with van der Waals surface area (Å²) >= 11 is 3.15. The number of aromatic nitrogens is 2. The normalized spacial score (nSPS) is 10.7. The van der Waals surface area contributed by atoms with Crippen LogP contribution in [-0.4, -0.2) is 9.97 Å². The Kier molecular flexibility index (Phi) is 2.82. The predicted octanol–water partition coefficient (Wildman–Crippen LogP) is 3.85. The lowest BCUT2D eigenvalue weighted by Crippen LogP contribution is -1.89. The molecule has 0 aromatic carbocycles. The number of hydrogen-bond acceptors (Lipinski definition) is 5. The second-order valence-electron chi connectivity index (χ2n) is 3.83. The standard InChI is InChI=1S/C13H9N3S2/c1-2-8-6-15-13(16-7-8)12-4-11-10(18-12)3-9(5-14)17-11/h3-4,6-7H,2H2,1H3. The van der Waals surface area contributed by atoms with Crippen molar-refractivity contribution in [2.45, 2.75) is 13.3 Å². The molecular weight excluding hydrogens is 262 g/mol. The minimum atomic E-state index is 0.755. The number of fused-ring (bicyclic) bond motifs is 1. The van der Waals surface area contributed by atoms with Crippen LogP contribution in [0.5, 0.6) is 0 Å². The molecule has 3 aromatic heterocycles. The Labute approximate surface area is 112 Å². The van der Waals surface area contributed by atoms with Gasteiger partial charge in [-0.1, -0.05) is 6.92 Å². The smallest absolute Gasteiger partial charge is 0.169 e. The van der Waals surface area contributed by atoms with Crippen molar-refractivity contribution in [3.63, 3.8) is 0 Å².